The van der Waals surface area contributed by atoms with E-state index >= 15 is 0 Å². The van der Waals surface area contributed by atoms with Gasteiger partial charge >= 0.3 is 0 Å². The van der Waals surface area contributed by atoms with Gasteiger partial charge < -0.3 is 21.3 Å². The van der Waals surface area contributed by atoms with Crippen LogP contribution in [-0.4, -0.2) is 53.6 Å². The van der Waals surface area contributed by atoms with Crippen molar-refractivity contribution in [1.29, 1.82) is 0 Å². The molecule has 248 valence electrons. The van der Waals surface area contributed by atoms with Crippen molar-refractivity contribution in [3.8, 4) is 0 Å². The largest absolute Gasteiger partial charge is 0.353 e. The van der Waals surface area contributed by atoms with Crippen molar-refractivity contribution in [3.05, 3.63) is 143 Å². The van der Waals surface area contributed by atoms with Crippen LogP contribution in [0.3, 0.4) is 0 Å². The number of carbonyl (C=O) groups is 4. The van der Waals surface area contributed by atoms with Gasteiger partial charge in [-0.3, -0.25) is 19.2 Å². The van der Waals surface area contributed by atoms with Gasteiger partial charge in [-0.1, -0.05) is 115 Å². The zero-order valence-corrected chi connectivity index (χ0v) is 27.2. The van der Waals surface area contributed by atoms with E-state index < -0.39 is 12.1 Å². The quantitative estimate of drug-likeness (QED) is 0.122. The molecule has 4 N–H and O–H groups in total. The van der Waals surface area contributed by atoms with Crippen molar-refractivity contribution in [2.24, 2.45) is 5.73 Å². The normalized spacial score (nSPS) is 14.5. The summed E-state index contributed by atoms with van der Waals surface area (Å²) in [6.45, 7) is 1.09. The molecule has 4 aromatic rings. The Labute approximate surface area is 282 Å². The Morgan fingerprint density at radius 3 is 1.94 bits per heavy atom. The van der Waals surface area contributed by atoms with Gasteiger partial charge in [-0.2, -0.15) is 0 Å². The fourth-order valence-electron chi connectivity index (χ4n) is 6.31. The lowest BCUT2D eigenvalue weighted by Crippen LogP contribution is -2.57. The first-order valence-corrected chi connectivity index (χ1v) is 16.8. The van der Waals surface area contributed by atoms with Crippen LogP contribution in [0.15, 0.2) is 115 Å². The Bertz CT molecular complexity index is 1620. The van der Waals surface area contributed by atoms with Crippen molar-refractivity contribution in [2.75, 3.05) is 13.1 Å². The number of nitrogens with zero attached hydrogens (tertiary/aromatic N) is 1. The maximum Gasteiger partial charge on any atom is 0.243 e. The molecule has 1 aliphatic rings. The zero-order valence-electron chi connectivity index (χ0n) is 27.2. The van der Waals surface area contributed by atoms with Gasteiger partial charge in [0.05, 0.1) is 0 Å². The van der Waals surface area contributed by atoms with E-state index in [0.29, 0.717) is 44.3 Å². The lowest BCUT2D eigenvalue weighted by atomic mass is 9.91. The van der Waals surface area contributed by atoms with Gasteiger partial charge in [0.15, 0.2) is 5.78 Å². The van der Waals surface area contributed by atoms with Crippen LogP contribution in [0.1, 0.15) is 70.6 Å². The zero-order chi connectivity index (χ0) is 33.7. The first-order valence-electron chi connectivity index (χ1n) is 16.8. The summed E-state index contributed by atoms with van der Waals surface area (Å²) in [5.74, 6) is -1.13. The van der Waals surface area contributed by atoms with Crippen LogP contribution in [0, 0.1) is 0 Å². The molecule has 48 heavy (non-hydrogen) atoms. The molecule has 4 aromatic carbocycles. The monoisotopic (exact) mass is 644 g/mol. The van der Waals surface area contributed by atoms with Gasteiger partial charge in [0.2, 0.25) is 17.7 Å². The third-order valence-corrected chi connectivity index (χ3v) is 9.00. The smallest absolute Gasteiger partial charge is 0.243 e. The number of ketones is 1. The molecule has 5 rings (SSSR count). The molecular weight excluding hydrogens is 600 g/mol. The second-order valence-electron chi connectivity index (χ2n) is 12.3. The number of hydrogen-bond acceptors (Lipinski definition) is 5. The van der Waals surface area contributed by atoms with Crippen LogP contribution < -0.4 is 16.4 Å². The number of hydrogen-bond donors (Lipinski definition) is 3. The summed E-state index contributed by atoms with van der Waals surface area (Å²) in [6.07, 6.45) is 2.14. The highest BCUT2D eigenvalue weighted by atomic mass is 16.2. The van der Waals surface area contributed by atoms with Crippen LogP contribution in [0.2, 0.25) is 0 Å². The Kier molecular flexibility index (Phi) is 12.3. The fourth-order valence-corrected chi connectivity index (χ4v) is 6.31. The highest BCUT2D eigenvalue weighted by molar-refractivity contribution is 5.98. The Morgan fingerprint density at radius 1 is 0.729 bits per heavy atom. The third kappa shape index (κ3) is 9.04. The molecule has 3 amide bonds. The molecule has 0 radical (unpaired) electrons. The second kappa shape index (κ2) is 17.2. The number of unbranched alkanes of at least 4 members (excludes halogenated alkanes) is 1. The van der Waals surface area contributed by atoms with E-state index in [1.807, 2.05) is 91.0 Å². The molecule has 0 fully saturated rings. The van der Waals surface area contributed by atoms with E-state index in [2.05, 4.69) is 10.6 Å². The molecule has 1 heterocycles. The first-order chi connectivity index (χ1) is 23.4. The number of nitrogens with two attached hydrogens (primary N) is 1. The Hall–Kier alpha value is -5.08. The number of fused-ring (bicyclic) bond motifs is 1. The summed E-state index contributed by atoms with van der Waals surface area (Å²) in [5.41, 5.74) is 10.4. The van der Waals surface area contributed by atoms with E-state index in [1.54, 1.807) is 29.2 Å². The fraction of sp³-hybridized carbons (Fsp3) is 0.300. The summed E-state index contributed by atoms with van der Waals surface area (Å²) >= 11 is 0. The topological polar surface area (TPSA) is 122 Å². The maximum atomic E-state index is 14.0. The number of benzene rings is 4. The van der Waals surface area contributed by atoms with Crippen molar-refractivity contribution in [1.82, 2.24) is 15.5 Å². The molecule has 0 spiro atoms. The van der Waals surface area contributed by atoms with Gasteiger partial charge in [0.25, 0.3) is 0 Å². The molecule has 0 saturated heterocycles. The standard InChI is InChI=1S/C40H44N4O4/c41-25-13-12-22-35(39(47)42-27-34(29-14-4-1-5-15-29)30-16-6-2-7-17-30)43-40(48)36-26-32-20-10-11-21-33(32)28-44(36)38(46)24-23-37(45)31-18-8-3-9-19-31/h1-11,14-21,34-36H,12-13,22-28,41H2,(H,42,47)(H,43,48)/t35-,36-/m0/s1. The number of Topliss-reactive ketones (excluding diaryl/α,β-unsaturated/α-hetero) is 1. The van der Waals surface area contributed by atoms with E-state index in [4.69, 9.17) is 5.73 Å². The van der Waals surface area contributed by atoms with Crippen molar-refractivity contribution in [3.63, 3.8) is 0 Å². The molecule has 1 aliphatic heterocycles. The van der Waals surface area contributed by atoms with Gasteiger partial charge in [-0.25, -0.2) is 0 Å². The lowest BCUT2D eigenvalue weighted by molar-refractivity contribution is -0.142. The average Bonchev–Trinajstić information content (AvgIpc) is 3.14. The predicted octanol–water partition coefficient (Wildman–Crippen LogP) is 5.17. The van der Waals surface area contributed by atoms with E-state index in [-0.39, 0.29) is 48.8 Å². The van der Waals surface area contributed by atoms with E-state index in [0.717, 1.165) is 22.3 Å². The van der Waals surface area contributed by atoms with Crippen molar-refractivity contribution >= 4 is 23.5 Å². The van der Waals surface area contributed by atoms with Crippen LogP contribution >= 0.6 is 0 Å². The Morgan fingerprint density at radius 2 is 1.31 bits per heavy atom. The number of amides is 3. The van der Waals surface area contributed by atoms with Gasteiger partial charge in [0.1, 0.15) is 12.1 Å². The molecule has 0 bridgehead atoms. The summed E-state index contributed by atoms with van der Waals surface area (Å²) < 4.78 is 0. The third-order valence-electron chi connectivity index (χ3n) is 9.00. The van der Waals surface area contributed by atoms with E-state index in [1.165, 1.54) is 0 Å². The highest BCUT2D eigenvalue weighted by Crippen LogP contribution is 2.26. The van der Waals surface area contributed by atoms with Crippen LogP contribution in [-0.2, 0) is 27.3 Å². The van der Waals surface area contributed by atoms with Crippen LogP contribution in [0.4, 0.5) is 0 Å². The lowest BCUT2D eigenvalue weighted by Gasteiger charge is -2.37. The summed E-state index contributed by atoms with van der Waals surface area (Å²) in [7, 11) is 0. The average molecular weight is 645 g/mol. The minimum atomic E-state index is -0.814. The Balaban J connectivity index is 1.31. The molecular formula is C40H44N4O4. The van der Waals surface area contributed by atoms with Crippen molar-refractivity contribution < 1.29 is 19.2 Å². The van der Waals surface area contributed by atoms with E-state index in [9.17, 15) is 19.2 Å². The molecule has 0 unspecified atom stereocenters. The second-order valence-corrected chi connectivity index (χ2v) is 12.3. The molecule has 0 aliphatic carbocycles. The van der Waals surface area contributed by atoms with Gasteiger partial charge in [-0.05, 0) is 48.1 Å². The molecule has 8 heteroatoms. The SMILES string of the molecule is NCCCC[C@H](NC(=O)[C@@H]1Cc2ccccc2CN1C(=O)CCC(=O)c1ccccc1)C(=O)NCC(c1ccccc1)c1ccccc1. The molecule has 2 atom stereocenters. The molecule has 0 saturated carbocycles. The minimum Gasteiger partial charge on any atom is -0.353 e. The number of rotatable bonds is 15. The van der Waals surface area contributed by atoms with Gasteiger partial charge in [0, 0.05) is 43.8 Å². The van der Waals surface area contributed by atoms with Crippen molar-refractivity contribution in [2.45, 2.75) is 63.1 Å². The minimum absolute atomic E-state index is 0.0134. The predicted molar refractivity (Wildman–Crippen MR) is 187 cm³/mol. The first kappa shape index (κ1) is 34.3. The van der Waals surface area contributed by atoms with Crippen LogP contribution in [0.25, 0.3) is 0 Å². The summed E-state index contributed by atoms with van der Waals surface area (Å²) in [4.78, 5) is 55.8. The molecule has 8 nitrogen and oxygen atoms in total. The maximum absolute atomic E-state index is 14.0. The highest BCUT2D eigenvalue weighted by Gasteiger charge is 2.36. The number of carbonyl (C=O) groups excluding carboxylic acids is 4. The summed E-state index contributed by atoms with van der Waals surface area (Å²) in [5, 5.41) is 6.11. The summed E-state index contributed by atoms with van der Waals surface area (Å²) in [6, 6.07) is 35.1. The van der Waals surface area contributed by atoms with Gasteiger partial charge in [-0.15, -0.1) is 0 Å². The van der Waals surface area contributed by atoms with Crippen LogP contribution in [0.5, 0.6) is 0 Å². The number of nitrogens with one attached hydrogen (secondary N) is 2. The molecule has 0 aromatic heterocycles.